The Kier molecular flexibility index (Phi) is 2.91. The molecule has 1 saturated heterocycles. The SMILES string of the molecule is C[C@@H]1Cc2ccccc2C2=C3CC=CC[C@@H]3[C@H]3C(=O)OC(=O)[C@@H]3[C@H]21. The molecule has 24 heavy (non-hydrogen) atoms. The maximum Gasteiger partial charge on any atom is 0.318 e. The Morgan fingerprint density at radius 2 is 1.79 bits per heavy atom. The van der Waals surface area contributed by atoms with Crippen molar-refractivity contribution < 1.29 is 14.3 Å². The number of cyclic esters (lactones) is 2. The Morgan fingerprint density at radius 1 is 1.00 bits per heavy atom. The molecule has 122 valence electrons. The van der Waals surface area contributed by atoms with Gasteiger partial charge in [-0.2, -0.15) is 0 Å². The van der Waals surface area contributed by atoms with Crippen molar-refractivity contribution in [2.24, 2.45) is 29.6 Å². The molecule has 3 heteroatoms. The third-order valence-corrected chi connectivity index (χ3v) is 6.44. The van der Waals surface area contributed by atoms with Gasteiger partial charge in [-0.25, -0.2) is 0 Å². The van der Waals surface area contributed by atoms with Crippen LogP contribution in [-0.4, -0.2) is 11.9 Å². The van der Waals surface area contributed by atoms with Crippen molar-refractivity contribution >= 4 is 17.5 Å². The van der Waals surface area contributed by atoms with E-state index >= 15 is 0 Å². The molecule has 3 nitrogen and oxygen atoms in total. The quantitative estimate of drug-likeness (QED) is 0.417. The van der Waals surface area contributed by atoms with Crippen LogP contribution in [0.15, 0.2) is 42.0 Å². The molecule has 4 aliphatic rings. The molecule has 1 heterocycles. The minimum absolute atomic E-state index is 0.113. The van der Waals surface area contributed by atoms with Crippen LogP contribution in [0.4, 0.5) is 0 Å². The lowest BCUT2D eigenvalue weighted by Gasteiger charge is -2.46. The molecule has 5 rings (SSSR count). The molecule has 1 aromatic carbocycles. The second-order valence-electron chi connectivity index (χ2n) is 7.61. The van der Waals surface area contributed by atoms with Crippen molar-refractivity contribution in [3.05, 3.63) is 53.1 Å². The monoisotopic (exact) mass is 320 g/mol. The lowest BCUT2D eigenvalue weighted by Crippen LogP contribution is -2.43. The first kappa shape index (κ1) is 14.2. The highest BCUT2D eigenvalue weighted by Crippen LogP contribution is 2.57. The van der Waals surface area contributed by atoms with Crippen LogP contribution in [0, 0.1) is 29.6 Å². The van der Waals surface area contributed by atoms with E-state index in [-0.39, 0.29) is 35.6 Å². The first-order chi connectivity index (χ1) is 11.7. The Bertz CT molecular complexity index is 816. The van der Waals surface area contributed by atoms with Crippen molar-refractivity contribution in [3.63, 3.8) is 0 Å². The van der Waals surface area contributed by atoms with Crippen LogP contribution in [-0.2, 0) is 20.7 Å². The minimum Gasteiger partial charge on any atom is -0.393 e. The van der Waals surface area contributed by atoms with Crippen LogP contribution in [0.3, 0.4) is 0 Å². The number of ether oxygens (including phenoxy) is 1. The summed E-state index contributed by atoms with van der Waals surface area (Å²) in [5, 5.41) is 0. The van der Waals surface area contributed by atoms with Crippen molar-refractivity contribution in [1.82, 2.24) is 0 Å². The van der Waals surface area contributed by atoms with Crippen LogP contribution < -0.4 is 0 Å². The van der Waals surface area contributed by atoms with E-state index < -0.39 is 0 Å². The molecule has 1 fully saturated rings. The second kappa shape index (κ2) is 4.92. The highest BCUT2D eigenvalue weighted by Gasteiger charge is 2.58. The Balaban J connectivity index is 1.79. The zero-order valence-corrected chi connectivity index (χ0v) is 13.7. The van der Waals surface area contributed by atoms with Gasteiger partial charge in [0.1, 0.15) is 0 Å². The molecular formula is C21H20O3. The molecule has 1 aliphatic heterocycles. The number of carbonyl (C=O) groups excluding carboxylic acids is 2. The van der Waals surface area contributed by atoms with Crippen LogP contribution in [0.25, 0.3) is 5.57 Å². The van der Waals surface area contributed by atoms with Crippen LogP contribution in [0.2, 0.25) is 0 Å². The lowest BCUT2D eigenvalue weighted by molar-refractivity contribution is -0.154. The van der Waals surface area contributed by atoms with Crippen molar-refractivity contribution in [1.29, 1.82) is 0 Å². The first-order valence-electron chi connectivity index (χ1n) is 8.88. The summed E-state index contributed by atoms with van der Waals surface area (Å²) >= 11 is 0. The van der Waals surface area contributed by atoms with E-state index in [1.54, 1.807) is 0 Å². The number of fused-ring (bicyclic) bond motifs is 7. The molecule has 0 bridgehead atoms. The number of allylic oxidation sites excluding steroid dienone is 4. The number of carbonyl (C=O) groups is 2. The normalized spacial score (nSPS) is 36.6. The van der Waals surface area contributed by atoms with Gasteiger partial charge < -0.3 is 4.74 Å². The van der Waals surface area contributed by atoms with E-state index in [9.17, 15) is 9.59 Å². The first-order valence-corrected chi connectivity index (χ1v) is 8.88. The fraction of sp³-hybridized carbons (Fsp3) is 0.429. The summed E-state index contributed by atoms with van der Waals surface area (Å²) in [4.78, 5) is 24.9. The van der Waals surface area contributed by atoms with Crippen molar-refractivity contribution in [3.8, 4) is 0 Å². The molecule has 0 saturated carbocycles. The fourth-order valence-corrected chi connectivity index (χ4v) is 5.55. The van der Waals surface area contributed by atoms with Gasteiger partial charge in [0.2, 0.25) is 0 Å². The molecule has 0 unspecified atom stereocenters. The van der Waals surface area contributed by atoms with Gasteiger partial charge in [0, 0.05) is 5.92 Å². The van der Waals surface area contributed by atoms with E-state index in [2.05, 4.69) is 43.3 Å². The van der Waals surface area contributed by atoms with Gasteiger partial charge in [-0.1, -0.05) is 48.9 Å². The topological polar surface area (TPSA) is 43.4 Å². The lowest BCUT2D eigenvalue weighted by atomic mass is 9.55. The summed E-state index contributed by atoms with van der Waals surface area (Å²) in [5.41, 5.74) is 5.37. The molecule has 5 atom stereocenters. The number of hydrogen-bond donors (Lipinski definition) is 0. The third kappa shape index (κ3) is 1.73. The van der Waals surface area contributed by atoms with Gasteiger partial charge in [-0.15, -0.1) is 0 Å². The average molecular weight is 320 g/mol. The van der Waals surface area contributed by atoms with E-state index in [0.717, 1.165) is 19.3 Å². The second-order valence-corrected chi connectivity index (χ2v) is 7.61. The van der Waals surface area contributed by atoms with Gasteiger partial charge in [0.05, 0.1) is 11.8 Å². The maximum atomic E-state index is 12.5. The summed E-state index contributed by atoms with van der Waals surface area (Å²) in [5.74, 6) is -0.583. The number of esters is 2. The molecular weight excluding hydrogens is 300 g/mol. The molecule has 0 radical (unpaired) electrons. The van der Waals surface area contributed by atoms with E-state index in [4.69, 9.17) is 4.74 Å². The number of hydrogen-bond acceptors (Lipinski definition) is 3. The highest BCUT2D eigenvalue weighted by molar-refractivity contribution is 6.00. The van der Waals surface area contributed by atoms with Crippen LogP contribution >= 0.6 is 0 Å². The number of rotatable bonds is 0. The number of benzene rings is 1. The van der Waals surface area contributed by atoms with Crippen LogP contribution in [0.1, 0.15) is 30.9 Å². The fourth-order valence-electron chi connectivity index (χ4n) is 5.55. The third-order valence-electron chi connectivity index (χ3n) is 6.44. The molecule has 0 aromatic heterocycles. The zero-order valence-electron chi connectivity index (χ0n) is 13.7. The minimum atomic E-state index is -0.299. The largest absolute Gasteiger partial charge is 0.393 e. The Labute approximate surface area is 141 Å². The highest BCUT2D eigenvalue weighted by atomic mass is 16.6. The molecule has 3 aliphatic carbocycles. The molecule has 0 N–H and O–H groups in total. The smallest absolute Gasteiger partial charge is 0.318 e. The Morgan fingerprint density at radius 3 is 2.67 bits per heavy atom. The summed E-state index contributed by atoms with van der Waals surface area (Å²) in [6.07, 6.45) is 7.05. The van der Waals surface area contributed by atoms with E-state index in [0.29, 0.717) is 5.92 Å². The molecule has 0 spiro atoms. The maximum absolute atomic E-state index is 12.5. The predicted molar refractivity (Wildman–Crippen MR) is 89.7 cm³/mol. The van der Waals surface area contributed by atoms with Gasteiger partial charge >= 0.3 is 11.9 Å². The van der Waals surface area contributed by atoms with Crippen LogP contribution in [0.5, 0.6) is 0 Å². The zero-order chi connectivity index (χ0) is 16.4. The van der Waals surface area contributed by atoms with Crippen molar-refractivity contribution in [2.75, 3.05) is 0 Å². The van der Waals surface area contributed by atoms with Gasteiger partial charge in [-0.3, -0.25) is 9.59 Å². The summed E-state index contributed by atoms with van der Waals surface area (Å²) in [6.45, 7) is 2.22. The van der Waals surface area contributed by atoms with Gasteiger partial charge in [-0.05, 0) is 47.8 Å². The van der Waals surface area contributed by atoms with E-state index in [1.807, 2.05) is 0 Å². The van der Waals surface area contributed by atoms with Gasteiger partial charge in [0.15, 0.2) is 0 Å². The van der Waals surface area contributed by atoms with Gasteiger partial charge in [0.25, 0.3) is 0 Å². The Hall–Kier alpha value is -2.16. The summed E-state index contributed by atoms with van der Waals surface area (Å²) < 4.78 is 5.11. The van der Waals surface area contributed by atoms with E-state index in [1.165, 1.54) is 22.3 Å². The molecule has 1 aromatic rings. The molecule has 0 amide bonds. The predicted octanol–water partition coefficient (Wildman–Crippen LogP) is 3.54. The average Bonchev–Trinajstić information content (AvgIpc) is 2.89. The standard InChI is InChI=1S/C21H20O3/c1-11-10-12-6-2-3-7-13(12)17-14-8-4-5-9-15(14)18-19(16(11)17)21(23)24-20(18)22/h2-7,11,15-16,18-19H,8-10H2,1H3/t11-,15+,16+,18-,19-/m1/s1. The summed E-state index contributed by atoms with van der Waals surface area (Å²) in [7, 11) is 0. The van der Waals surface area contributed by atoms with Crippen molar-refractivity contribution in [2.45, 2.75) is 26.2 Å². The summed E-state index contributed by atoms with van der Waals surface area (Å²) in [6, 6.07) is 8.56.